The summed E-state index contributed by atoms with van der Waals surface area (Å²) in [6, 6.07) is 14.8. The number of benzene rings is 1. The van der Waals surface area contributed by atoms with E-state index < -0.39 is 0 Å². The number of nitrogen functional groups attached to an aromatic ring is 3. The molecule has 6 N–H and O–H groups in total. The second-order valence-corrected chi connectivity index (χ2v) is 7.86. The Morgan fingerprint density at radius 2 is 1.45 bits per heavy atom. The summed E-state index contributed by atoms with van der Waals surface area (Å²) in [4.78, 5) is 17.3. The largest absolute Gasteiger partial charge is 0.456 e. The molecule has 1 aromatic carbocycles. The maximum atomic E-state index is 6.09. The number of fused-ring (bicyclic) bond motifs is 1. The lowest BCUT2D eigenvalue weighted by Crippen LogP contribution is -1.95. The highest BCUT2D eigenvalue weighted by Crippen LogP contribution is 2.35. The molecule has 9 heteroatoms. The van der Waals surface area contributed by atoms with E-state index in [9.17, 15) is 0 Å². The zero-order chi connectivity index (χ0) is 21.4. The van der Waals surface area contributed by atoms with Gasteiger partial charge in [0.05, 0.1) is 22.1 Å². The number of pyridine rings is 3. The summed E-state index contributed by atoms with van der Waals surface area (Å²) in [6.45, 7) is 0. The van der Waals surface area contributed by atoms with Crippen LogP contribution in [0.15, 0.2) is 67.1 Å². The molecular formula is C22H17N7OS. The number of thiazole rings is 1. The van der Waals surface area contributed by atoms with Gasteiger partial charge in [0.2, 0.25) is 0 Å². The molecule has 0 saturated carbocycles. The molecule has 0 unspecified atom stereocenters. The fourth-order valence-corrected chi connectivity index (χ4v) is 3.95. The quantitative estimate of drug-likeness (QED) is 0.384. The van der Waals surface area contributed by atoms with Gasteiger partial charge in [-0.25, -0.2) is 15.0 Å². The number of anilines is 3. The van der Waals surface area contributed by atoms with Crippen LogP contribution in [0.4, 0.5) is 16.8 Å². The molecule has 0 aliphatic carbocycles. The smallest absolute Gasteiger partial charge is 0.181 e. The third-order valence-corrected chi connectivity index (χ3v) is 5.48. The van der Waals surface area contributed by atoms with Gasteiger partial charge < -0.3 is 21.9 Å². The van der Waals surface area contributed by atoms with Crippen LogP contribution in [0.2, 0.25) is 0 Å². The van der Waals surface area contributed by atoms with E-state index in [-0.39, 0.29) is 0 Å². The van der Waals surface area contributed by atoms with Crippen LogP contribution in [0.25, 0.3) is 32.6 Å². The van der Waals surface area contributed by atoms with Crippen molar-refractivity contribution in [2.24, 2.45) is 0 Å². The first-order valence-corrected chi connectivity index (χ1v) is 10.1. The predicted molar refractivity (Wildman–Crippen MR) is 124 cm³/mol. The molecule has 0 bridgehead atoms. The molecule has 0 radical (unpaired) electrons. The maximum absolute atomic E-state index is 6.09. The van der Waals surface area contributed by atoms with Gasteiger partial charge in [-0.3, -0.25) is 4.98 Å². The van der Waals surface area contributed by atoms with Crippen LogP contribution in [-0.4, -0.2) is 19.9 Å². The van der Waals surface area contributed by atoms with Crippen LogP contribution < -0.4 is 21.9 Å². The van der Waals surface area contributed by atoms with Crippen molar-refractivity contribution in [3.63, 3.8) is 0 Å². The number of hydrogen-bond acceptors (Lipinski definition) is 9. The zero-order valence-corrected chi connectivity index (χ0v) is 17.0. The van der Waals surface area contributed by atoms with Crippen LogP contribution in [0.1, 0.15) is 0 Å². The summed E-state index contributed by atoms with van der Waals surface area (Å²) in [5.74, 6) is 2.13. The molecule has 0 aliphatic rings. The van der Waals surface area contributed by atoms with Gasteiger partial charge in [-0.2, -0.15) is 0 Å². The van der Waals surface area contributed by atoms with Crippen LogP contribution in [0.5, 0.6) is 11.5 Å². The number of ether oxygens (including phenoxy) is 1. The number of nitrogens with zero attached hydrogens (tertiary/aromatic N) is 4. The SMILES string of the molecule is Nc1ccc(-c2cc(Oc3ccc4nc(N)sc4c3)cnc2-c2ccc(N)nc2)cn1. The van der Waals surface area contributed by atoms with Crippen LogP contribution in [0, 0.1) is 0 Å². The Bertz CT molecular complexity index is 1380. The van der Waals surface area contributed by atoms with Crippen molar-refractivity contribution in [3.8, 4) is 33.9 Å². The van der Waals surface area contributed by atoms with Crippen molar-refractivity contribution < 1.29 is 4.74 Å². The Labute approximate surface area is 181 Å². The van der Waals surface area contributed by atoms with E-state index in [1.54, 1.807) is 30.7 Å². The molecule has 4 aromatic heterocycles. The van der Waals surface area contributed by atoms with Crippen molar-refractivity contribution in [1.29, 1.82) is 0 Å². The van der Waals surface area contributed by atoms with Crippen molar-refractivity contribution in [1.82, 2.24) is 19.9 Å². The van der Waals surface area contributed by atoms with Crippen LogP contribution in [0.3, 0.4) is 0 Å². The van der Waals surface area contributed by atoms with Crippen molar-refractivity contribution in [2.75, 3.05) is 17.2 Å². The van der Waals surface area contributed by atoms with Gasteiger partial charge >= 0.3 is 0 Å². The molecule has 0 spiro atoms. The Morgan fingerprint density at radius 1 is 0.710 bits per heavy atom. The lowest BCUT2D eigenvalue weighted by molar-refractivity contribution is 0.481. The molecule has 5 aromatic rings. The number of hydrogen-bond donors (Lipinski definition) is 3. The molecular weight excluding hydrogens is 410 g/mol. The van der Waals surface area contributed by atoms with E-state index in [0.717, 1.165) is 32.6 Å². The summed E-state index contributed by atoms with van der Waals surface area (Å²) in [7, 11) is 0. The van der Waals surface area contributed by atoms with E-state index in [1.165, 1.54) is 11.3 Å². The van der Waals surface area contributed by atoms with Crippen LogP contribution >= 0.6 is 11.3 Å². The number of rotatable bonds is 4. The van der Waals surface area contributed by atoms with Gasteiger partial charge in [-0.05, 0) is 42.5 Å². The molecule has 31 heavy (non-hydrogen) atoms. The minimum Gasteiger partial charge on any atom is -0.456 e. The Balaban J connectivity index is 1.57. The second-order valence-electron chi connectivity index (χ2n) is 6.79. The summed E-state index contributed by atoms with van der Waals surface area (Å²) < 4.78 is 7.04. The third kappa shape index (κ3) is 3.81. The monoisotopic (exact) mass is 427 g/mol. The number of aromatic nitrogens is 4. The fourth-order valence-electron chi connectivity index (χ4n) is 3.18. The molecule has 0 saturated heterocycles. The summed E-state index contributed by atoms with van der Waals surface area (Å²) >= 11 is 1.41. The lowest BCUT2D eigenvalue weighted by Gasteiger charge is -2.12. The molecule has 0 aliphatic heterocycles. The molecule has 8 nitrogen and oxygen atoms in total. The normalized spacial score (nSPS) is 11.0. The lowest BCUT2D eigenvalue weighted by atomic mass is 10.0. The first-order chi connectivity index (χ1) is 15.0. The van der Waals surface area contributed by atoms with Gasteiger partial charge in [-0.15, -0.1) is 0 Å². The Kier molecular flexibility index (Phi) is 4.57. The number of nitrogens with two attached hydrogens (primary N) is 3. The average molecular weight is 427 g/mol. The highest BCUT2D eigenvalue weighted by molar-refractivity contribution is 7.22. The summed E-state index contributed by atoms with van der Waals surface area (Å²) in [5.41, 5.74) is 21.4. The molecule has 0 atom stereocenters. The summed E-state index contributed by atoms with van der Waals surface area (Å²) in [6.07, 6.45) is 5.07. The van der Waals surface area contributed by atoms with E-state index in [2.05, 4.69) is 19.9 Å². The molecule has 152 valence electrons. The zero-order valence-electron chi connectivity index (χ0n) is 16.2. The average Bonchev–Trinajstić information content (AvgIpc) is 3.14. The molecule has 5 rings (SSSR count). The van der Waals surface area contributed by atoms with Gasteiger partial charge in [-0.1, -0.05) is 11.3 Å². The first kappa shape index (κ1) is 18.8. The fraction of sp³-hybridized carbons (Fsp3) is 0. The highest BCUT2D eigenvalue weighted by Gasteiger charge is 2.13. The summed E-state index contributed by atoms with van der Waals surface area (Å²) in [5, 5.41) is 0.522. The Hall–Kier alpha value is -4.24. The van der Waals surface area contributed by atoms with Gasteiger partial charge in [0.1, 0.15) is 23.1 Å². The second kappa shape index (κ2) is 7.54. The molecule has 0 fully saturated rings. The predicted octanol–water partition coefficient (Wildman–Crippen LogP) is 4.35. The van der Waals surface area contributed by atoms with E-state index in [4.69, 9.17) is 21.9 Å². The van der Waals surface area contributed by atoms with Crippen molar-refractivity contribution in [3.05, 3.63) is 67.1 Å². The van der Waals surface area contributed by atoms with Gasteiger partial charge in [0.15, 0.2) is 5.13 Å². The van der Waals surface area contributed by atoms with E-state index in [1.807, 2.05) is 36.4 Å². The van der Waals surface area contributed by atoms with Crippen molar-refractivity contribution in [2.45, 2.75) is 0 Å². The van der Waals surface area contributed by atoms with Gasteiger partial charge in [0.25, 0.3) is 0 Å². The minimum absolute atomic E-state index is 0.442. The topological polar surface area (TPSA) is 139 Å². The Morgan fingerprint density at radius 3 is 2.16 bits per heavy atom. The molecule has 0 amide bonds. The minimum atomic E-state index is 0.442. The molecule has 4 heterocycles. The van der Waals surface area contributed by atoms with Gasteiger partial charge in [0, 0.05) is 35.2 Å². The highest BCUT2D eigenvalue weighted by atomic mass is 32.1. The van der Waals surface area contributed by atoms with E-state index in [0.29, 0.717) is 28.3 Å². The third-order valence-electron chi connectivity index (χ3n) is 4.63. The van der Waals surface area contributed by atoms with Crippen molar-refractivity contribution >= 4 is 38.3 Å². The maximum Gasteiger partial charge on any atom is 0.181 e. The standard InChI is InChI=1S/C22H17N7OS/c23-19-5-1-12(9-26-19)16-7-15(11-28-21(16)13-2-6-20(24)27-10-13)30-14-3-4-17-18(8-14)31-22(25)29-17/h1-11H,(H2,23,26)(H2,24,27)(H2,25,29). The van der Waals surface area contributed by atoms with E-state index >= 15 is 0 Å². The van der Waals surface area contributed by atoms with Crippen LogP contribution in [-0.2, 0) is 0 Å². The first-order valence-electron chi connectivity index (χ1n) is 9.33.